The lowest BCUT2D eigenvalue weighted by Crippen LogP contribution is -2.18. The van der Waals surface area contributed by atoms with Crippen LogP contribution in [0.25, 0.3) is 11.3 Å². The van der Waals surface area contributed by atoms with Gasteiger partial charge in [-0.25, -0.2) is 0 Å². The van der Waals surface area contributed by atoms with E-state index in [0.29, 0.717) is 22.5 Å². The molecule has 0 radical (unpaired) electrons. The Morgan fingerprint density at radius 3 is 2.77 bits per heavy atom. The Morgan fingerprint density at radius 2 is 2.05 bits per heavy atom. The second-order valence-corrected chi connectivity index (χ2v) is 6.40. The minimum atomic E-state index is -3.91. The zero-order valence-corrected chi connectivity index (χ0v) is 12.8. The Balaban J connectivity index is 2.24. The van der Waals surface area contributed by atoms with Crippen LogP contribution < -0.4 is 4.18 Å². The Morgan fingerprint density at radius 1 is 1.32 bits per heavy atom. The summed E-state index contributed by atoms with van der Waals surface area (Å²) in [5.74, 6) is -0.200. The van der Waals surface area contributed by atoms with Crippen LogP contribution in [-0.2, 0) is 26.1 Å². The van der Waals surface area contributed by atoms with E-state index in [1.807, 2.05) is 0 Å². The fourth-order valence-corrected chi connectivity index (χ4v) is 3.48. The van der Waals surface area contributed by atoms with Crippen LogP contribution in [0.2, 0.25) is 0 Å². The summed E-state index contributed by atoms with van der Waals surface area (Å²) >= 11 is 0. The quantitative estimate of drug-likeness (QED) is 0.620. The van der Waals surface area contributed by atoms with Crippen molar-refractivity contribution < 1.29 is 22.1 Å². The van der Waals surface area contributed by atoms with E-state index in [1.165, 1.54) is 13.2 Å². The molecular weight excluding hydrogens is 306 g/mol. The van der Waals surface area contributed by atoms with Gasteiger partial charge in [-0.05, 0) is 30.7 Å². The van der Waals surface area contributed by atoms with E-state index in [-0.39, 0.29) is 17.1 Å². The number of aromatic nitrogens is 1. The number of benzene rings is 1. The van der Waals surface area contributed by atoms with E-state index in [4.69, 9.17) is 4.18 Å². The molecule has 22 heavy (non-hydrogen) atoms. The molecule has 114 valence electrons. The number of carbonyl (C=O) groups is 1. The largest absolute Gasteiger partial charge is 0.469 e. The van der Waals surface area contributed by atoms with Gasteiger partial charge >= 0.3 is 16.1 Å². The van der Waals surface area contributed by atoms with Crippen molar-refractivity contribution in [1.29, 1.82) is 0 Å². The molecule has 7 heteroatoms. The number of nitrogens with zero attached hydrogens (tertiary/aromatic N) is 1. The molecule has 0 N–H and O–H groups in total. The normalized spacial score (nSPS) is 14.5. The molecule has 0 saturated carbocycles. The molecule has 2 heterocycles. The van der Waals surface area contributed by atoms with Crippen molar-refractivity contribution in [3.63, 3.8) is 0 Å². The van der Waals surface area contributed by atoms with Gasteiger partial charge in [0.25, 0.3) is 0 Å². The summed E-state index contributed by atoms with van der Waals surface area (Å²) < 4.78 is 34.2. The Bertz CT molecular complexity index is 873. The number of aryl methyl sites for hydroxylation is 1. The van der Waals surface area contributed by atoms with Crippen LogP contribution in [0.4, 0.5) is 0 Å². The van der Waals surface area contributed by atoms with Crippen LogP contribution in [-0.4, -0.2) is 26.5 Å². The molecule has 3 rings (SSSR count). The molecule has 0 fully saturated rings. The highest BCUT2D eigenvalue weighted by Gasteiger charge is 2.31. The van der Waals surface area contributed by atoms with Crippen molar-refractivity contribution in [2.24, 2.45) is 0 Å². The maximum atomic E-state index is 12.2. The summed E-state index contributed by atoms with van der Waals surface area (Å²) in [5.41, 5.74) is 1.96. The molecule has 0 unspecified atom stereocenters. The first-order valence-electron chi connectivity index (χ1n) is 6.53. The van der Waals surface area contributed by atoms with Gasteiger partial charge in [0.15, 0.2) is 5.75 Å². The van der Waals surface area contributed by atoms with Gasteiger partial charge in [0.05, 0.1) is 24.9 Å². The molecule has 0 amide bonds. The average molecular weight is 319 g/mol. The van der Waals surface area contributed by atoms with Gasteiger partial charge in [-0.15, -0.1) is 0 Å². The summed E-state index contributed by atoms with van der Waals surface area (Å²) in [5, 5.41) is 0. The summed E-state index contributed by atoms with van der Waals surface area (Å²) in [6.45, 7) is 1.70. The second kappa shape index (κ2) is 5.10. The molecule has 0 spiro atoms. The average Bonchev–Trinajstić information content (AvgIpc) is 2.48. The molecule has 6 nitrogen and oxygen atoms in total. The highest BCUT2D eigenvalue weighted by molar-refractivity contribution is 7.87. The van der Waals surface area contributed by atoms with Gasteiger partial charge in [-0.3, -0.25) is 9.78 Å². The van der Waals surface area contributed by atoms with Gasteiger partial charge in [-0.1, -0.05) is 12.1 Å². The van der Waals surface area contributed by atoms with Gasteiger partial charge in [0.1, 0.15) is 4.90 Å². The van der Waals surface area contributed by atoms with E-state index in [9.17, 15) is 13.2 Å². The van der Waals surface area contributed by atoms with Crippen molar-refractivity contribution in [3.05, 3.63) is 41.6 Å². The van der Waals surface area contributed by atoms with Crippen molar-refractivity contribution in [3.8, 4) is 17.0 Å². The maximum absolute atomic E-state index is 12.2. The number of methoxy groups -OCH3 is 1. The van der Waals surface area contributed by atoms with Gasteiger partial charge in [0, 0.05) is 5.56 Å². The first-order chi connectivity index (χ1) is 10.4. The number of hydrogen-bond donors (Lipinski definition) is 0. The Labute approximate surface area is 127 Å². The molecule has 0 atom stereocenters. The highest BCUT2D eigenvalue weighted by Crippen LogP contribution is 2.40. The predicted molar refractivity (Wildman–Crippen MR) is 77.9 cm³/mol. The van der Waals surface area contributed by atoms with E-state index in [1.54, 1.807) is 31.2 Å². The lowest BCUT2D eigenvalue weighted by atomic mass is 10.1. The van der Waals surface area contributed by atoms with Crippen LogP contribution in [0.5, 0.6) is 5.75 Å². The SMILES string of the molecule is COC(=O)Cc1nc2c(cc1C)S(=O)(=O)Oc1ccccc1-2. The fraction of sp³-hybridized carbons (Fsp3) is 0.200. The molecule has 0 bridgehead atoms. The van der Waals surface area contributed by atoms with Gasteiger partial charge < -0.3 is 8.92 Å². The van der Waals surface area contributed by atoms with Crippen molar-refractivity contribution in [2.75, 3.05) is 7.11 Å². The molecule has 1 aliphatic heterocycles. The van der Waals surface area contributed by atoms with E-state index in [2.05, 4.69) is 9.72 Å². The number of carbonyl (C=O) groups excluding carboxylic acids is 1. The number of ether oxygens (including phenoxy) is 1. The predicted octanol–water partition coefficient (Wildman–Crippen LogP) is 1.85. The molecule has 1 aromatic carbocycles. The van der Waals surface area contributed by atoms with Crippen LogP contribution in [0.1, 0.15) is 11.3 Å². The lowest BCUT2D eigenvalue weighted by molar-refractivity contribution is -0.139. The number of esters is 1. The first-order valence-corrected chi connectivity index (χ1v) is 7.94. The number of fused-ring (bicyclic) bond motifs is 3. The minimum Gasteiger partial charge on any atom is -0.469 e. The minimum absolute atomic E-state index is 0.0114. The van der Waals surface area contributed by atoms with Crippen molar-refractivity contribution in [1.82, 2.24) is 4.98 Å². The maximum Gasteiger partial charge on any atom is 0.341 e. The standard InChI is InChI=1S/C15H13NO5S/c1-9-7-13-15(16-11(9)8-14(17)20-2)10-5-3-4-6-12(10)21-22(13,18)19/h3-7H,8H2,1-2H3. The molecule has 2 aromatic rings. The summed E-state index contributed by atoms with van der Waals surface area (Å²) in [6.07, 6.45) is -0.0152. The highest BCUT2D eigenvalue weighted by atomic mass is 32.2. The van der Waals surface area contributed by atoms with Crippen molar-refractivity contribution in [2.45, 2.75) is 18.2 Å². The number of para-hydroxylation sites is 1. The number of hydrogen-bond acceptors (Lipinski definition) is 6. The smallest absolute Gasteiger partial charge is 0.341 e. The monoisotopic (exact) mass is 319 g/mol. The van der Waals surface area contributed by atoms with Crippen LogP contribution in [0.3, 0.4) is 0 Å². The third-order valence-corrected chi connectivity index (χ3v) is 4.68. The third kappa shape index (κ3) is 2.33. The third-order valence-electron chi connectivity index (χ3n) is 3.43. The molecule has 0 aliphatic carbocycles. The first kappa shape index (κ1) is 14.5. The Hall–Kier alpha value is -2.41. The zero-order chi connectivity index (χ0) is 15.9. The van der Waals surface area contributed by atoms with E-state index < -0.39 is 16.1 Å². The van der Waals surface area contributed by atoms with Crippen LogP contribution in [0.15, 0.2) is 35.2 Å². The molecule has 1 aliphatic rings. The molecular formula is C15H13NO5S. The summed E-state index contributed by atoms with van der Waals surface area (Å²) in [6, 6.07) is 8.23. The van der Waals surface area contributed by atoms with Gasteiger partial charge in [0.2, 0.25) is 0 Å². The molecule has 1 aromatic heterocycles. The summed E-state index contributed by atoms with van der Waals surface area (Å²) in [7, 11) is -2.61. The van der Waals surface area contributed by atoms with E-state index >= 15 is 0 Å². The zero-order valence-electron chi connectivity index (χ0n) is 12.0. The van der Waals surface area contributed by atoms with Crippen LogP contribution in [0, 0.1) is 6.92 Å². The number of pyridine rings is 1. The molecule has 0 saturated heterocycles. The fourth-order valence-electron chi connectivity index (χ4n) is 2.30. The van der Waals surface area contributed by atoms with Crippen molar-refractivity contribution >= 4 is 16.1 Å². The van der Waals surface area contributed by atoms with Gasteiger partial charge in [-0.2, -0.15) is 8.42 Å². The van der Waals surface area contributed by atoms with E-state index in [0.717, 1.165) is 0 Å². The second-order valence-electron chi connectivity index (χ2n) is 4.89. The summed E-state index contributed by atoms with van der Waals surface area (Å²) in [4.78, 5) is 15.9. The Kier molecular flexibility index (Phi) is 3.37. The van der Waals surface area contributed by atoms with Crippen LogP contribution >= 0.6 is 0 Å². The topological polar surface area (TPSA) is 82.6 Å². The number of rotatable bonds is 2. The lowest BCUT2D eigenvalue weighted by Gasteiger charge is -2.20.